The Morgan fingerprint density at radius 2 is 1.65 bits per heavy atom. The van der Waals surface area contributed by atoms with Crippen LogP contribution in [0.1, 0.15) is 58.8 Å². The zero-order valence-corrected chi connectivity index (χ0v) is 11.8. The number of nitrogens with two attached hydrogens (primary N) is 1. The van der Waals surface area contributed by atoms with Gasteiger partial charge in [-0.1, -0.05) is 26.7 Å². The molecule has 2 fully saturated rings. The van der Waals surface area contributed by atoms with Crippen molar-refractivity contribution in [2.75, 3.05) is 19.6 Å². The highest BCUT2D eigenvalue weighted by molar-refractivity contribution is 4.91. The van der Waals surface area contributed by atoms with Crippen LogP contribution in [0.3, 0.4) is 0 Å². The van der Waals surface area contributed by atoms with Gasteiger partial charge >= 0.3 is 0 Å². The van der Waals surface area contributed by atoms with Gasteiger partial charge < -0.3 is 5.73 Å². The lowest BCUT2D eigenvalue weighted by atomic mass is 9.76. The van der Waals surface area contributed by atoms with Crippen LogP contribution in [0.5, 0.6) is 0 Å². The molecule has 0 radical (unpaired) electrons. The van der Waals surface area contributed by atoms with E-state index in [0.29, 0.717) is 6.04 Å². The SMILES string of the molecule is CC(C)CC(CN)N1CCC2(CCCC2)CC1. The Hall–Kier alpha value is -0.0800. The molecule has 0 bridgehead atoms. The highest BCUT2D eigenvalue weighted by atomic mass is 15.2. The summed E-state index contributed by atoms with van der Waals surface area (Å²) in [5, 5.41) is 0. The zero-order valence-electron chi connectivity index (χ0n) is 11.8. The molecular formula is C15H30N2. The Morgan fingerprint density at radius 1 is 1.06 bits per heavy atom. The van der Waals surface area contributed by atoms with Gasteiger partial charge in [-0.05, 0) is 56.5 Å². The molecule has 1 unspecified atom stereocenters. The van der Waals surface area contributed by atoms with Crippen LogP contribution in [-0.4, -0.2) is 30.6 Å². The molecule has 0 amide bonds. The van der Waals surface area contributed by atoms with E-state index in [1.807, 2.05) is 0 Å². The first kappa shape index (κ1) is 13.4. The average Bonchev–Trinajstić information content (AvgIpc) is 2.76. The van der Waals surface area contributed by atoms with Crippen molar-refractivity contribution in [3.8, 4) is 0 Å². The van der Waals surface area contributed by atoms with Crippen LogP contribution in [0, 0.1) is 11.3 Å². The van der Waals surface area contributed by atoms with E-state index in [2.05, 4.69) is 18.7 Å². The van der Waals surface area contributed by atoms with E-state index >= 15 is 0 Å². The van der Waals surface area contributed by atoms with E-state index in [1.54, 1.807) is 0 Å². The fourth-order valence-electron chi connectivity index (χ4n) is 3.93. The van der Waals surface area contributed by atoms with Gasteiger partial charge in [-0.25, -0.2) is 0 Å². The fourth-order valence-corrected chi connectivity index (χ4v) is 3.93. The maximum atomic E-state index is 5.96. The number of likely N-dealkylation sites (tertiary alicyclic amines) is 1. The van der Waals surface area contributed by atoms with Crippen LogP contribution in [0.4, 0.5) is 0 Å². The quantitative estimate of drug-likeness (QED) is 0.816. The molecule has 1 spiro atoms. The van der Waals surface area contributed by atoms with Gasteiger partial charge in [0.25, 0.3) is 0 Å². The molecule has 0 aromatic heterocycles. The number of nitrogens with zero attached hydrogens (tertiary/aromatic N) is 1. The van der Waals surface area contributed by atoms with E-state index in [-0.39, 0.29) is 0 Å². The number of hydrogen-bond donors (Lipinski definition) is 1. The van der Waals surface area contributed by atoms with Gasteiger partial charge in [0, 0.05) is 12.6 Å². The summed E-state index contributed by atoms with van der Waals surface area (Å²) in [6.45, 7) is 8.06. The second-order valence-corrected chi connectivity index (χ2v) is 6.76. The van der Waals surface area contributed by atoms with E-state index in [9.17, 15) is 0 Å². The van der Waals surface area contributed by atoms with Crippen molar-refractivity contribution in [3.63, 3.8) is 0 Å². The maximum absolute atomic E-state index is 5.96. The minimum atomic E-state index is 0.633. The smallest absolute Gasteiger partial charge is 0.0220 e. The van der Waals surface area contributed by atoms with Crippen molar-refractivity contribution in [3.05, 3.63) is 0 Å². The molecule has 2 rings (SSSR count). The molecule has 1 heterocycles. The van der Waals surface area contributed by atoms with Gasteiger partial charge in [-0.2, -0.15) is 0 Å². The minimum Gasteiger partial charge on any atom is -0.329 e. The molecule has 2 nitrogen and oxygen atoms in total. The number of rotatable bonds is 4. The van der Waals surface area contributed by atoms with Crippen molar-refractivity contribution in [2.45, 2.75) is 64.8 Å². The summed E-state index contributed by atoms with van der Waals surface area (Å²) in [5.41, 5.74) is 6.70. The Labute approximate surface area is 107 Å². The third-order valence-corrected chi connectivity index (χ3v) is 5.05. The van der Waals surface area contributed by atoms with Gasteiger partial charge in [0.15, 0.2) is 0 Å². The monoisotopic (exact) mass is 238 g/mol. The predicted octanol–water partition coefficient (Wildman–Crippen LogP) is 3.02. The Balaban J connectivity index is 1.84. The Kier molecular flexibility index (Phi) is 4.48. The first-order valence-corrected chi connectivity index (χ1v) is 7.59. The molecule has 1 saturated carbocycles. The largest absolute Gasteiger partial charge is 0.329 e. The van der Waals surface area contributed by atoms with E-state index in [4.69, 9.17) is 5.73 Å². The first-order chi connectivity index (χ1) is 8.15. The molecule has 1 saturated heterocycles. The molecule has 0 aromatic carbocycles. The molecule has 1 aliphatic heterocycles. The van der Waals surface area contributed by atoms with Crippen LogP contribution in [0.15, 0.2) is 0 Å². The first-order valence-electron chi connectivity index (χ1n) is 7.59. The summed E-state index contributed by atoms with van der Waals surface area (Å²) in [7, 11) is 0. The summed E-state index contributed by atoms with van der Waals surface area (Å²) >= 11 is 0. The van der Waals surface area contributed by atoms with Gasteiger partial charge in [0.1, 0.15) is 0 Å². The van der Waals surface area contributed by atoms with Crippen LogP contribution in [0.2, 0.25) is 0 Å². The molecule has 2 heteroatoms. The summed E-state index contributed by atoms with van der Waals surface area (Å²) in [4.78, 5) is 2.67. The standard InChI is InChI=1S/C15H30N2/c1-13(2)11-14(12-16)17-9-7-15(8-10-17)5-3-4-6-15/h13-14H,3-12,16H2,1-2H3. The van der Waals surface area contributed by atoms with Crippen LogP contribution in [-0.2, 0) is 0 Å². The molecule has 1 atom stereocenters. The van der Waals surface area contributed by atoms with Crippen LogP contribution >= 0.6 is 0 Å². The number of piperidine rings is 1. The van der Waals surface area contributed by atoms with Gasteiger partial charge in [0.2, 0.25) is 0 Å². The third kappa shape index (κ3) is 3.23. The van der Waals surface area contributed by atoms with E-state index < -0.39 is 0 Å². The Bertz CT molecular complexity index is 221. The third-order valence-electron chi connectivity index (χ3n) is 5.05. The molecular weight excluding hydrogens is 208 g/mol. The van der Waals surface area contributed by atoms with Crippen molar-refractivity contribution in [1.82, 2.24) is 4.90 Å². The lowest BCUT2D eigenvalue weighted by Gasteiger charge is -2.43. The van der Waals surface area contributed by atoms with Gasteiger partial charge in [-0.3, -0.25) is 4.90 Å². The number of hydrogen-bond acceptors (Lipinski definition) is 2. The molecule has 2 aliphatic rings. The summed E-state index contributed by atoms with van der Waals surface area (Å²) in [5.74, 6) is 0.769. The van der Waals surface area contributed by atoms with Crippen molar-refractivity contribution < 1.29 is 0 Å². The van der Waals surface area contributed by atoms with Crippen molar-refractivity contribution in [1.29, 1.82) is 0 Å². The van der Waals surface area contributed by atoms with Gasteiger partial charge in [0.05, 0.1) is 0 Å². The van der Waals surface area contributed by atoms with Crippen molar-refractivity contribution in [2.24, 2.45) is 17.1 Å². The van der Waals surface area contributed by atoms with Gasteiger partial charge in [-0.15, -0.1) is 0 Å². The summed E-state index contributed by atoms with van der Waals surface area (Å²) in [6.07, 6.45) is 10.1. The maximum Gasteiger partial charge on any atom is 0.0220 e. The normalized spacial score (nSPS) is 26.8. The lowest BCUT2D eigenvalue weighted by molar-refractivity contribution is 0.0708. The minimum absolute atomic E-state index is 0.633. The topological polar surface area (TPSA) is 29.3 Å². The fraction of sp³-hybridized carbons (Fsp3) is 1.00. The van der Waals surface area contributed by atoms with E-state index in [0.717, 1.165) is 17.9 Å². The highest BCUT2D eigenvalue weighted by Crippen LogP contribution is 2.46. The predicted molar refractivity (Wildman–Crippen MR) is 74.0 cm³/mol. The van der Waals surface area contributed by atoms with Crippen molar-refractivity contribution >= 4 is 0 Å². The lowest BCUT2D eigenvalue weighted by Crippen LogP contribution is -2.48. The summed E-state index contributed by atoms with van der Waals surface area (Å²) < 4.78 is 0. The second-order valence-electron chi connectivity index (χ2n) is 6.76. The highest BCUT2D eigenvalue weighted by Gasteiger charge is 2.38. The second kappa shape index (κ2) is 5.71. The van der Waals surface area contributed by atoms with E-state index in [1.165, 1.54) is 58.0 Å². The average molecular weight is 238 g/mol. The van der Waals surface area contributed by atoms with Crippen LogP contribution < -0.4 is 5.73 Å². The molecule has 100 valence electrons. The zero-order chi connectivity index (χ0) is 12.3. The molecule has 1 aliphatic carbocycles. The molecule has 0 aromatic rings. The Morgan fingerprint density at radius 3 is 2.12 bits per heavy atom. The summed E-state index contributed by atoms with van der Waals surface area (Å²) in [6, 6.07) is 0.633. The molecule has 17 heavy (non-hydrogen) atoms. The molecule has 2 N–H and O–H groups in total. The van der Waals surface area contributed by atoms with Crippen LogP contribution in [0.25, 0.3) is 0 Å².